The van der Waals surface area contributed by atoms with Crippen molar-refractivity contribution in [3.63, 3.8) is 0 Å². The Morgan fingerprint density at radius 1 is 1.26 bits per heavy atom. The van der Waals surface area contributed by atoms with Crippen LogP contribution in [0.15, 0.2) is 65.1 Å². The number of fused-ring (bicyclic) bond motifs is 1. The van der Waals surface area contributed by atoms with E-state index in [0.717, 1.165) is 27.6 Å². The van der Waals surface area contributed by atoms with Gasteiger partial charge in [-0.05, 0) is 25.1 Å². The Kier molecular flexibility index (Phi) is 4.40. The molecule has 1 aliphatic heterocycles. The fraction of sp³-hybridized carbons (Fsp3) is 0.105. The molecule has 2 aromatic rings. The molecule has 0 fully saturated rings. The summed E-state index contributed by atoms with van der Waals surface area (Å²) in [7, 11) is 0. The summed E-state index contributed by atoms with van der Waals surface area (Å²) in [6.45, 7) is 5.79. The minimum Gasteiger partial charge on any atom is -0.229 e. The summed E-state index contributed by atoms with van der Waals surface area (Å²) in [5.74, 6) is 1.41. The van der Waals surface area contributed by atoms with Crippen LogP contribution in [0.2, 0.25) is 0 Å². The van der Waals surface area contributed by atoms with Crippen LogP contribution in [-0.2, 0) is 0 Å². The molecule has 1 aliphatic rings. The highest BCUT2D eigenvalue weighted by Gasteiger charge is 2.24. The second kappa shape index (κ2) is 6.64. The van der Waals surface area contributed by atoms with Gasteiger partial charge in [0.05, 0.1) is 17.3 Å². The van der Waals surface area contributed by atoms with Crippen LogP contribution in [0, 0.1) is 18.3 Å². The molecule has 0 aliphatic carbocycles. The Bertz CT molecular complexity index is 855. The average Bonchev–Trinajstić information content (AvgIpc) is 2.93. The van der Waals surface area contributed by atoms with Crippen molar-refractivity contribution in [2.24, 2.45) is 9.98 Å². The average molecular weight is 317 g/mol. The monoisotopic (exact) mass is 317 g/mol. The highest BCUT2D eigenvalue weighted by molar-refractivity contribution is 8.14. The molecular weight excluding hydrogens is 302 g/mol. The van der Waals surface area contributed by atoms with Gasteiger partial charge < -0.3 is 0 Å². The maximum Gasteiger partial charge on any atom is 0.161 e. The van der Waals surface area contributed by atoms with E-state index >= 15 is 0 Å². The van der Waals surface area contributed by atoms with E-state index in [-0.39, 0.29) is 0 Å². The number of thioether (sulfide) groups is 1. The third kappa shape index (κ3) is 3.10. The van der Waals surface area contributed by atoms with Gasteiger partial charge in [0.25, 0.3) is 0 Å². The second-order valence-electron chi connectivity index (χ2n) is 5.13. The van der Waals surface area contributed by atoms with Gasteiger partial charge in [0, 0.05) is 16.9 Å². The number of hydrogen-bond donors (Lipinski definition) is 0. The lowest BCUT2D eigenvalue weighted by Gasteiger charge is -2.03. The number of aryl methyl sites for hydroxylation is 1. The van der Waals surface area contributed by atoms with E-state index in [0.29, 0.717) is 11.4 Å². The third-order valence-electron chi connectivity index (χ3n) is 3.45. The zero-order valence-electron chi connectivity index (χ0n) is 12.8. The van der Waals surface area contributed by atoms with Crippen molar-refractivity contribution in [2.45, 2.75) is 6.92 Å². The highest BCUT2D eigenvalue weighted by Crippen LogP contribution is 2.30. The molecule has 0 N–H and O–H groups in total. The molecule has 0 radical (unpaired) electrons. The topological polar surface area (TPSA) is 48.5 Å². The van der Waals surface area contributed by atoms with Gasteiger partial charge in [0.2, 0.25) is 0 Å². The van der Waals surface area contributed by atoms with Crippen LogP contribution in [-0.4, -0.2) is 16.6 Å². The molecule has 0 bridgehead atoms. The minimum absolute atomic E-state index is 0.631. The molecular formula is C19H15N3S. The van der Waals surface area contributed by atoms with E-state index in [9.17, 15) is 5.26 Å². The van der Waals surface area contributed by atoms with Crippen LogP contribution in [0.1, 0.15) is 22.3 Å². The van der Waals surface area contributed by atoms with Crippen LogP contribution in [0.3, 0.4) is 0 Å². The van der Waals surface area contributed by atoms with Crippen molar-refractivity contribution >= 4 is 28.3 Å². The van der Waals surface area contributed by atoms with Gasteiger partial charge in [-0.3, -0.25) is 0 Å². The molecule has 3 nitrogen and oxygen atoms in total. The van der Waals surface area contributed by atoms with Crippen molar-refractivity contribution in [3.05, 3.63) is 77.4 Å². The fourth-order valence-electron chi connectivity index (χ4n) is 2.34. The molecule has 3 rings (SSSR count). The molecule has 4 heteroatoms. The molecule has 0 saturated carbocycles. The molecule has 0 amide bonds. The molecule has 0 spiro atoms. The molecule has 0 saturated heterocycles. The van der Waals surface area contributed by atoms with E-state index < -0.39 is 0 Å². The van der Waals surface area contributed by atoms with Gasteiger partial charge in [0.15, 0.2) is 5.84 Å². The SMILES string of the molecule is C=CCSC1=NC(=Nc2ccc(C)cc2)c2cccc(C#N)c21. The zero-order chi connectivity index (χ0) is 16.2. The lowest BCUT2D eigenvalue weighted by molar-refractivity contribution is 1.42. The van der Waals surface area contributed by atoms with E-state index in [1.807, 2.05) is 55.5 Å². The summed E-state index contributed by atoms with van der Waals surface area (Å²) in [6.07, 6.45) is 1.83. The summed E-state index contributed by atoms with van der Waals surface area (Å²) in [5.41, 5.74) is 4.48. The molecule has 1 heterocycles. The van der Waals surface area contributed by atoms with E-state index in [4.69, 9.17) is 0 Å². The van der Waals surface area contributed by atoms with Gasteiger partial charge in [0.1, 0.15) is 5.04 Å². The lowest BCUT2D eigenvalue weighted by Crippen LogP contribution is -1.99. The normalized spacial score (nSPS) is 14.3. The minimum atomic E-state index is 0.631. The highest BCUT2D eigenvalue weighted by atomic mass is 32.2. The van der Waals surface area contributed by atoms with Crippen LogP contribution in [0.5, 0.6) is 0 Å². The standard InChI is InChI=1S/C19H15N3S/c1-3-11-23-19-17-14(12-20)5-4-6-16(17)18(22-19)21-15-9-7-13(2)8-10-15/h3-10H,1,11H2,2H3. The molecule has 0 atom stereocenters. The number of nitrogens with zero attached hydrogens (tertiary/aromatic N) is 3. The zero-order valence-corrected chi connectivity index (χ0v) is 13.6. The molecule has 0 aromatic heterocycles. The summed E-state index contributed by atoms with van der Waals surface area (Å²) < 4.78 is 0. The van der Waals surface area contributed by atoms with Gasteiger partial charge in [-0.15, -0.1) is 18.3 Å². The first-order valence-electron chi connectivity index (χ1n) is 7.24. The Labute approximate surface area is 140 Å². The number of rotatable bonds is 3. The van der Waals surface area contributed by atoms with Crippen molar-refractivity contribution in [2.75, 3.05) is 5.75 Å². The second-order valence-corrected chi connectivity index (χ2v) is 6.14. The number of benzene rings is 2. The van der Waals surface area contributed by atoms with Crippen LogP contribution in [0.4, 0.5) is 5.69 Å². The number of aliphatic imine (C=N–C) groups is 2. The predicted octanol–water partition coefficient (Wildman–Crippen LogP) is 4.62. The Hall–Kier alpha value is -2.64. The maximum atomic E-state index is 9.38. The van der Waals surface area contributed by atoms with Crippen molar-refractivity contribution < 1.29 is 0 Å². The van der Waals surface area contributed by atoms with Gasteiger partial charge >= 0.3 is 0 Å². The first kappa shape index (κ1) is 15.3. The molecule has 2 aromatic carbocycles. The fourth-order valence-corrected chi connectivity index (χ4v) is 3.13. The summed E-state index contributed by atoms with van der Waals surface area (Å²) in [4.78, 5) is 9.31. The van der Waals surface area contributed by atoms with E-state index in [1.54, 1.807) is 11.8 Å². The van der Waals surface area contributed by atoms with Crippen LogP contribution in [0.25, 0.3) is 0 Å². The smallest absolute Gasteiger partial charge is 0.161 e. The van der Waals surface area contributed by atoms with Crippen LogP contribution < -0.4 is 0 Å². The van der Waals surface area contributed by atoms with E-state index in [1.165, 1.54) is 5.56 Å². The molecule has 112 valence electrons. The van der Waals surface area contributed by atoms with Crippen molar-refractivity contribution in [1.82, 2.24) is 0 Å². The Balaban J connectivity index is 2.09. The van der Waals surface area contributed by atoms with Crippen molar-refractivity contribution in [3.8, 4) is 6.07 Å². The first-order valence-corrected chi connectivity index (χ1v) is 8.23. The van der Waals surface area contributed by atoms with Gasteiger partial charge in [-0.2, -0.15) is 5.26 Å². The summed E-state index contributed by atoms with van der Waals surface area (Å²) >= 11 is 1.57. The molecule has 23 heavy (non-hydrogen) atoms. The molecule has 0 unspecified atom stereocenters. The van der Waals surface area contributed by atoms with Gasteiger partial charge in [-0.25, -0.2) is 9.98 Å². The number of amidine groups is 1. The maximum absolute atomic E-state index is 9.38. The summed E-state index contributed by atoms with van der Waals surface area (Å²) in [5, 5.41) is 10.2. The number of hydrogen-bond acceptors (Lipinski definition) is 3. The quantitative estimate of drug-likeness (QED) is 0.775. The van der Waals surface area contributed by atoms with Crippen LogP contribution >= 0.6 is 11.8 Å². The van der Waals surface area contributed by atoms with Crippen molar-refractivity contribution in [1.29, 1.82) is 5.26 Å². The van der Waals surface area contributed by atoms with Gasteiger partial charge in [-0.1, -0.05) is 35.9 Å². The largest absolute Gasteiger partial charge is 0.229 e. The lowest BCUT2D eigenvalue weighted by atomic mass is 10.0. The first-order chi connectivity index (χ1) is 11.2. The summed E-state index contributed by atoms with van der Waals surface area (Å²) in [6, 6.07) is 15.9. The predicted molar refractivity (Wildman–Crippen MR) is 97.7 cm³/mol. The Morgan fingerprint density at radius 2 is 2.04 bits per heavy atom. The number of nitriles is 1. The Morgan fingerprint density at radius 3 is 2.74 bits per heavy atom. The third-order valence-corrected chi connectivity index (χ3v) is 4.43. The van der Waals surface area contributed by atoms with E-state index in [2.05, 4.69) is 22.6 Å².